The summed E-state index contributed by atoms with van der Waals surface area (Å²) in [7, 11) is 3.41. The highest BCUT2D eigenvalue weighted by Gasteiger charge is 2.21. The Labute approximate surface area is 173 Å². The average molecular weight is 411 g/mol. The molecule has 0 saturated heterocycles. The molecule has 0 aliphatic heterocycles. The smallest absolute Gasteiger partial charge is 0.307 e. The molecule has 0 unspecified atom stereocenters. The fourth-order valence-electron chi connectivity index (χ4n) is 3.19. The number of benzene rings is 1. The van der Waals surface area contributed by atoms with Gasteiger partial charge in [0.05, 0.1) is 34.4 Å². The summed E-state index contributed by atoms with van der Waals surface area (Å²) < 4.78 is 8.36. The van der Waals surface area contributed by atoms with Crippen LogP contribution in [0.3, 0.4) is 0 Å². The lowest BCUT2D eigenvalue weighted by atomic mass is 10.2. The van der Waals surface area contributed by atoms with Crippen molar-refractivity contribution < 1.29 is 14.3 Å². The minimum absolute atomic E-state index is 0.00118. The summed E-state index contributed by atoms with van der Waals surface area (Å²) in [4.78, 5) is 41.5. The second-order valence-corrected chi connectivity index (χ2v) is 7.20. The maximum Gasteiger partial charge on any atom is 0.307 e. The first-order chi connectivity index (χ1) is 14.2. The van der Waals surface area contributed by atoms with E-state index in [0.29, 0.717) is 28.1 Å². The molecule has 2 aromatic heterocycles. The minimum Gasteiger partial charge on any atom is -0.453 e. The van der Waals surface area contributed by atoms with E-state index < -0.39 is 18.0 Å². The van der Waals surface area contributed by atoms with Gasteiger partial charge in [-0.05, 0) is 32.9 Å². The number of ether oxygens (including phenoxy) is 1. The van der Waals surface area contributed by atoms with E-state index in [1.54, 1.807) is 50.0 Å². The van der Waals surface area contributed by atoms with E-state index in [4.69, 9.17) is 4.74 Å². The summed E-state index contributed by atoms with van der Waals surface area (Å²) in [5.41, 5.74) is 2.52. The third-order valence-corrected chi connectivity index (χ3v) is 5.06. The lowest BCUT2D eigenvalue weighted by Crippen LogP contribution is -2.30. The van der Waals surface area contributed by atoms with Crippen molar-refractivity contribution in [2.75, 3.05) is 5.32 Å². The van der Waals surface area contributed by atoms with Gasteiger partial charge in [-0.3, -0.25) is 23.6 Å². The standard InChI is InChI=1S/C21H25N5O4/c1-12-19(13(2)26(5)24-12)23-20(28)14(3)30-18(27)11-10-17-22-16-9-7-6-8-15(16)21(29)25(17)4/h6-9,14H,10-11H2,1-5H3,(H,23,28)/t14-/m0/s1. The van der Waals surface area contributed by atoms with Crippen molar-refractivity contribution in [3.05, 3.63) is 51.8 Å². The molecule has 30 heavy (non-hydrogen) atoms. The molecule has 0 radical (unpaired) electrons. The van der Waals surface area contributed by atoms with Crippen molar-refractivity contribution in [3.8, 4) is 0 Å². The third kappa shape index (κ3) is 4.24. The fraction of sp³-hybridized carbons (Fsp3) is 0.381. The number of para-hydroxylation sites is 1. The van der Waals surface area contributed by atoms with Gasteiger partial charge in [0.25, 0.3) is 11.5 Å². The van der Waals surface area contributed by atoms with Crippen molar-refractivity contribution in [2.45, 2.75) is 39.7 Å². The number of carbonyl (C=O) groups excluding carboxylic acids is 2. The Kier molecular flexibility index (Phi) is 6.00. The molecule has 0 saturated carbocycles. The quantitative estimate of drug-likeness (QED) is 0.620. The Balaban J connectivity index is 1.62. The Bertz CT molecular complexity index is 1180. The number of carbonyl (C=O) groups is 2. The summed E-state index contributed by atoms with van der Waals surface area (Å²) in [5, 5.41) is 7.53. The number of aromatic nitrogens is 4. The summed E-state index contributed by atoms with van der Waals surface area (Å²) in [6.45, 7) is 5.14. The van der Waals surface area contributed by atoms with Crippen molar-refractivity contribution >= 4 is 28.5 Å². The Morgan fingerprint density at radius 3 is 2.57 bits per heavy atom. The summed E-state index contributed by atoms with van der Waals surface area (Å²) in [6, 6.07) is 7.06. The molecule has 0 spiro atoms. The lowest BCUT2D eigenvalue weighted by molar-refractivity contribution is -0.153. The van der Waals surface area contributed by atoms with Gasteiger partial charge >= 0.3 is 5.97 Å². The van der Waals surface area contributed by atoms with Crippen molar-refractivity contribution in [1.82, 2.24) is 19.3 Å². The summed E-state index contributed by atoms with van der Waals surface area (Å²) in [6.07, 6.45) is -0.740. The van der Waals surface area contributed by atoms with E-state index in [9.17, 15) is 14.4 Å². The predicted octanol–water partition coefficient (Wildman–Crippen LogP) is 1.79. The molecule has 1 atom stereocenters. The molecule has 0 bridgehead atoms. The first-order valence-corrected chi connectivity index (χ1v) is 9.64. The number of rotatable bonds is 6. The number of anilines is 1. The number of esters is 1. The first kappa shape index (κ1) is 21.2. The number of nitrogens with one attached hydrogen (secondary N) is 1. The lowest BCUT2D eigenvalue weighted by Gasteiger charge is -2.14. The van der Waals surface area contributed by atoms with Crippen molar-refractivity contribution in [1.29, 1.82) is 0 Å². The van der Waals surface area contributed by atoms with Gasteiger partial charge in [0, 0.05) is 20.5 Å². The van der Waals surface area contributed by atoms with E-state index in [2.05, 4.69) is 15.4 Å². The average Bonchev–Trinajstić information content (AvgIpc) is 2.95. The first-order valence-electron chi connectivity index (χ1n) is 9.64. The Morgan fingerprint density at radius 1 is 1.20 bits per heavy atom. The number of amides is 1. The van der Waals surface area contributed by atoms with Gasteiger partial charge in [0.15, 0.2) is 6.10 Å². The van der Waals surface area contributed by atoms with Crippen LogP contribution >= 0.6 is 0 Å². The van der Waals surface area contributed by atoms with Crippen LogP contribution in [0.1, 0.15) is 30.6 Å². The zero-order valence-corrected chi connectivity index (χ0v) is 17.7. The van der Waals surface area contributed by atoms with Crippen LogP contribution in [0.4, 0.5) is 5.69 Å². The topological polar surface area (TPSA) is 108 Å². The molecule has 1 N–H and O–H groups in total. The SMILES string of the molecule is Cc1nn(C)c(C)c1NC(=O)[C@H](C)OC(=O)CCc1nc2ccccc2c(=O)n1C. The number of hydrogen-bond donors (Lipinski definition) is 1. The highest BCUT2D eigenvalue weighted by atomic mass is 16.5. The molecule has 0 aliphatic rings. The van der Waals surface area contributed by atoms with Crippen molar-refractivity contribution in [2.24, 2.45) is 14.1 Å². The third-order valence-electron chi connectivity index (χ3n) is 5.06. The molecule has 0 aliphatic carbocycles. The molecule has 9 nitrogen and oxygen atoms in total. The molecule has 3 aromatic rings. The molecular formula is C21H25N5O4. The number of nitrogens with zero attached hydrogens (tertiary/aromatic N) is 4. The van der Waals surface area contributed by atoms with Crippen LogP contribution in [0.15, 0.2) is 29.1 Å². The van der Waals surface area contributed by atoms with E-state index in [-0.39, 0.29) is 18.4 Å². The van der Waals surface area contributed by atoms with Crippen molar-refractivity contribution in [3.63, 3.8) is 0 Å². The minimum atomic E-state index is -0.968. The number of fused-ring (bicyclic) bond motifs is 1. The summed E-state index contributed by atoms with van der Waals surface area (Å²) in [5.74, 6) is -0.493. The van der Waals surface area contributed by atoms with Gasteiger partial charge in [-0.15, -0.1) is 0 Å². The van der Waals surface area contributed by atoms with Crippen LogP contribution in [0.5, 0.6) is 0 Å². The van der Waals surface area contributed by atoms with Crippen LogP contribution < -0.4 is 10.9 Å². The van der Waals surface area contributed by atoms with E-state index in [1.807, 2.05) is 6.92 Å². The highest BCUT2D eigenvalue weighted by molar-refractivity contribution is 5.96. The molecule has 0 fully saturated rings. The van der Waals surface area contributed by atoms with Crippen LogP contribution in [-0.4, -0.2) is 37.3 Å². The molecule has 1 aromatic carbocycles. The zero-order chi connectivity index (χ0) is 22.0. The van der Waals surface area contributed by atoms with Gasteiger partial charge in [-0.2, -0.15) is 5.10 Å². The van der Waals surface area contributed by atoms with Gasteiger partial charge < -0.3 is 10.1 Å². The molecule has 2 heterocycles. The largest absolute Gasteiger partial charge is 0.453 e. The van der Waals surface area contributed by atoms with Gasteiger partial charge in [-0.1, -0.05) is 12.1 Å². The molecule has 9 heteroatoms. The van der Waals surface area contributed by atoms with Crippen LogP contribution in [0.25, 0.3) is 10.9 Å². The number of hydrogen-bond acceptors (Lipinski definition) is 6. The second-order valence-electron chi connectivity index (χ2n) is 7.20. The summed E-state index contributed by atoms with van der Waals surface area (Å²) >= 11 is 0. The maximum absolute atomic E-state index is 12.4. The van der Waals surface area contributed by atoms with Gasteiger partial charge in [0.2, 0.25) is 0 Å². The van der Waals surface area contributed by atoms with Gasteiger partial charge in [-0.25, -0.2) is 4.98 Å². The van der Waals surface area contributed by atoms with Crippen LogP contribution in [0.2, 0.25) is 0 Å². The monoisotopic (exact) mass is 411 g/mol. The maximum atomic E-state index is 12.4. The highest BCUT2D eigenvalue weighted by Crippen LogP contribution is 2.19. The van der Waals surface area contributed by atoms with E-state index in [1.165, 1.54) is 11.5 Å². The van der Waals surface area contributed by atoms with E-state index >= 15 is 0 Å². The van der Waals surface area contributed by atoms with Crippen LogP contribution in [-0.2, 0) is 34.8 Å². The predicted molar refractivity (Wildman–Crippen MR) is 112 cm³/mol. The Hall–Kier alpha value is -3.49. The molecule has 158 valence electrons. The fourth-order valence-corrected chi connectivity index (χ4v) is 3.19. The molecular weight excluding hydrogens is 386 g/mol. The molecule has 1 amide bonds. The van der Waals surface area contributed by atoms with Gasteiger partial charge in [0.1, 0.15) is 5.82 Å². The van der Waals surface area contributed by atoms with E-state index in [0.717, 1.165) is 5.69 Å². The zero-order valence-electron chi connectivity index (χ0n) is 17.7. The van der Waals surface area contributed by atoms with Crippen LogP contribution in [0, 0.1) is 13.8 Å². The number of aryl methyl sites for hydroxylation is 3. The second kappa shape index (κ2) is 8.48. The normalized spacial score (nSPS) is 12.0. The Morgan fingerprint density at radius 2 is 1.90 bits per heavy atom. The molecule has 3 rings (SSSR count).